The number of nitrogens with two attached hydrogens (primary N) is 1. The summed E-state index contributed by atoms with van der Waals surface area (Å²) in [5.41, 5.74) is 0. The zero-order valence-electron chi connectivity index (χ0n) is 8.74. The summed E-state index contributed by atoms with van der Waals surface area (Å²) < 4.78 is 49.7. The van der Waals surface area contributed by atoms with Crippen LogP contribution in [0.25, 0.3) is 0 Å². The molecule has 1 aromatic rings. The first-order chi connectivity index (χ1) is 7.76. The Hall–Kier alpha value is -1.38. The summed E-state index contributed by atoms with van der Waals surface area (Å²) in [4.78, 5) is -0.382. The lowest BCUT2D eigenvalue weighted by atomic mass is 10.3. The predicted molar refractivity (Wildman–Crippen MR) is 62.4 cm³/mol. The Morgan fingerprint density at radius 3 is 2.35 bits per heavy atom. The van der Waals surface area contributed by atoms with E-state index in [0.717, 1.165) is 12.1 Å². The largest absolute Gasteiger partial charge is 0.381 e. The molecule has 0 heterocycles. The van der Waals surface area contributed by atoms with Gasteiger partial charge in [-0.15, -0.1) is 6.58 Å². The van der Waals surface area contributed by atoms with Crippen molar-refractivity contribution in [2.24, 2.45) is 5.14 Å². The lowest BCUT2D eigenvalue weighted by Crippen LogP contribution is -2.17. The summed E-state index contributed by atoms with van der Waals surface area (Å²) in [7, 11) is -7.94. The maximum Gasteiger partial charge on any atom is 0.312 e. The molecule has 0 radical (unpaired) electrons. The van der Waals surface area contributed by atoms with Crippen LogP contribution in [0.15, 0.2) is 41.8 Å². The molecule has 17 heavy (non-hydrogen) atoms. The molecule has 0 aliphatic carbocycles. The van der Waals surface area contributed by atoms with Gasteiger partial charge in [0.05, 0.1) is 0 Å². The summed E-state index contributed by atoms with van der Waals surface area (Å²) in [6, 6.07) is 5.22. The van der Waals surface area contributed by atoms with Crippen LogP contribution in [0.2, 0.25) is 0 Å². The van der Waals surface area contributed by atoms with Crippen LogP contribution >= 0.6 is 0 Å². The lowest BCUT2D eigenvalue weighted by Gasteiger charge is -2.08. The van der Waals surface area contributed by atoms with E-state index < -0.39 is 25.9 Å². The highest BCUT2D eigenvalue weighted by Gasteiger charge is 2.19. The fourth-order valence-corrected chi connectivity index (χ4v) is 2.56. The topological polar surface area (TPSA) is 104 Å². The van der Waals surface area contributed by atoms with Gasteiger partial charge >= 0.3 is 10.1 Å². The van der Waals surface area contributed by atoms with Crippen molar-refractivity contribution in [2.75, 3.05) is 5.75 Å². The van der Waals surface area contributed by atoms with Crippen LogP contribution in [0.3, 0.4) is 0 Å². The van der Waals surface area contributed by atoms with Crippen molar-refractivity contribution >= 4 is 20.1 Å². The number of sulfonamides is 1. The Morgan fingerprint density at radius 2 is 1.82 bits per heavy atom. The third-order valence-electron chi connectivity index (χ3n) is 1.69. The second-order valence-corrected chi connectivity index (χ2v) is 6.23. The van der Waals surface area contributed by atoms with Gasteiger partial charge in [-0.05, 0) is 12.1 Å². The summed E-state index contributed by atoms with van der Waals surface area (Å²) in [6.07, 6.45) is 1.13. The van der Waals surface area contributed by atoms with Gasteiger partial charge in [-0.3, -0.25) is 0 Å². The van der Waals surface area contributed by atoms with Crippen LogP contribution in [-0.4, -0.2) is 22.6 Å². The fraction of sp³-hybridized carbons (Fsp3) is 0.111. The minimum Gasteiger partial charge on any atom is -0.381 e. The van der Waals surface area contributed by atoms with Gasteiger partial charge in [0.1, 0.15) is 10.6 Å². The van der Waals surface area contributed by atoms with E-state index in [1.54, 1.807) is 0 Å². The van der Waals surface area contributed by atoms with Crippen LogP contribution in [0, 0.1) is 0 Å². The van der Waals surface area contributed by atoms with Crippen LogP contribution in [0.1, 0.15) is 0 Å². The third kappa shape index (κ3) is 3.84. The standard InChI is InChI=1S/C9H11NO5S2/c1-2-7-16(11,12)15-8-5-3-4-6-9(8)17(10,13)14/h2-6H,1,7H2,(H2,10,13,14). The Labute approximate surface area is 99.9 Å². The predicted octanol–water partition coefficient (Wildman–Crippen LogP) is 0.229. The van der Waals surface area contributed by atoms with Crippen molar-refractivity contribution in [3.8, 4) is 5.75 Å². The summed E-state index contributed by atoms with van der Waals surface area (Å²) in [5.74, 6) is -0.747. The van der Waals surface area contributed by atoms with E-state index in [1.807, 2.05) is 0 Å². The van der Waals surface area contributed by atoms with E-state index in [1.165, 1.54) is 18.2 Å². The molecule has 0 aliphatic rings. The summed E-state index contributed by atoms with van der Waals surface area (Å²) >= 11 is 0. The van der Waals surface area contributed by atoms with Gasteiger partial charge in [0.2, 0.25) is 10.0 Å². The average molecular weight is 277 g/mol. The summed E-state index contributed by atoms with van der Waals surface area (Å²) in [5, 5.41) is 4.93. The number of hydrogen-bond donors (Lipinski definition) is 1. The zero-order valence-corrected chi connectivity index (χ0v) is 10.4. The van der Waals surface area contributed by atoms with Crippen LogP contribution in [-0.2, 0) is 20.1 Å². The Kier molecular flexibility index (Phi) is 3.91. The smallest absolute Gasteiger partial charge is 0.312 e. The number of para-hydroxylation sites is 1. The number of primary sulfonamides is 1. The zero-order chi connectivity index (χ0) is 13.1. The minimum absolute atomic E-state index is 0.322. The van der Waals surface area contributed by atoms with Crippen LogP contribution in [0.4, 0.5) is 0 Å². The van der Waals surface area contributed by atoms with Gasteiger partial charge in [0, 0.05) is 0 Å². The highest BCUT2D eigenvalue weighted by Crippen LogP contribution is 2.23. The molecule has 0 amide bonds. The first kappa shape index (κ1) is 13.7. The van der Waals surface area contributed by atoms with E-state index in [2.05, 4.69) is 10.8 Å². The number of rotatable bonds is 5. The average Bonchev–Trinajstić information content (AvgIpc) is 2.15. The van der Waals surface area contributed by atoms with Gasteiger partial charge in [0.15, 0.2) is 5.75 Å². The third-order valence-corrected chi connectivity index (χ3v) is 3.72. The van der Waals surface area contributed by atoms with Crippen molar-refractivity contribution in [3.05, 3.63) is 36.9 Å². The highest BCUT2D eigenvalue weighted by molar-refractivity contribution is 7.89. The SMILES string of the molecule is C=CCS(=O)(=O)Oc1ccccc1S(N)(=O)=O. The summed E-state index contributed by atoms with van der Waals surface area (Å²) in [6.45, 7) is 3.26. The van der Waals surface area contributed by atoms with E-state index in [9.17, 15) is 16.8 Å². The molecule has 0 saturated carbocycles. The molecule has 2 N–H and O–H groups in total. The molecular weight excluding hydrogens is 266 g/mol. The normalized spacial score (nSPS) is 12.1. The van der Waals surface area contributed by atoms with Gasteiger partial charge < -0.3 is 4.18 Å². The minimum atomic E-state index is -4.04. The van der Waals surface area contributed by atoms with Crippen molar-refractivity contribution in [3.63, 3.8) is 0 Å². The van der Waals surface area contributed by atoms with Gasteiger partial charge in [0.25, 0.3) is 0 Å². The molecule has 1 rings (SSSR count). The highest BCUT2D eigenvalue weighted by atomic mass is 32.2. The van der Waals surface area contributed by atoms with Gasteiger partial charge in [-0.25, -0.2) is 13.6 Å². The van der Waals surface area contributed by atoms with Crippen LogP contribution < -0.4 is 9.32 Å². The Bertz CT molecular complexity index is 619. The molecular formula is C9H11NO5S2. The van der Waals surface area contributed by atoms with Crippen LogP contribution in [0.5, 0.6) is 5.75 Å². The second kappa shape index (κ2) is 4.86. The molecule has 0 aliphatic heterocycles. The molecule has 6 nitrogen and oxygen atoms in total. The fourth-order valence-electron chi connectivity index (χ4n) is 1.07. The van der Waals surface area contributed by atoms with Crippen molar-refractivity contribution < 1.29 is 21.0 Å². The molecule has 0 bridgehead atoms. The van der Waals surface area contributed by atoms with Gasteiger partial charge in [-0.2, -0.15) is 8.42 Å². The molecule has 1 aromatic carbocycles. The van der Waals surface area contributed by atoms with E-state index in [-0.39, 0.29) is 10.6 Å². The van der Waals surface area contributed by atoms with E-state index in [0.29, 0.717) is 0 Å². The first-order valence-electron chi connectivity index (χ1n) is 4.41. The number of hydrogen-bond acceptors (Lipinski definition) is 5. The van der Waals surface area contributed by atoms with E-state index >= 15 is 0 Å². The second-order valence-electron chi connectivity index (χ2n) is 3.09. The maximum absolute atomic E-state index is 11.4. The monoisotopic (exact) mass is 277 g/mol. The number of benzene rings is 1. The Balaban J connectivity index is 3.21. The molecule has 8 heteroatoms. The molecule has 0 spiro atoms. The van der Waals surface area contributed by atoms with Gasteiger partial charge in [-0.1, -0.05) is 18.2 Å². The first-order valence-corrected chi connectivity index (χ1v) is 7.53. The molecule has 0 fully saturated rings. The van der Waals surface area contributed by atoms with Crippen molar-refractivity contribution in [1.82, 2.24) is 0 Å². The molecule has 0 saturated heterocycles. The Morgan fingerprint density at radius 1 is 1.24 bits per heavy atom. The molecule has 0 atom stereocenters. The quantitative estimate of drug-likeness (QED) is 0.613. The van der Waals surface area contributed by atoms with Crippen molar-refractivity contribution in [2.45, 2.75) is 4.90 Å². The molecule has 0 aromatic heterocycles. The maximum atomic E-state index is 11.4. The van der Waals surface area contributed by atoms with Crippen molar-refractivity contribution in [1.29, 1.82) is 0 Å². The van der Waals surface area contributed by atoms with E-state index in [4.69, 9.17) is 5.14 Å². The molecule has 94 valence electrons. The molecule has 0 unspecified atom stereocenters. The lowest BCUT2D eigenvalue weighted by molar-refractivity contribution is 0.482.